The van der Waals surface area contributed by atoms with Crippen molar-refractivity contribution in [2.24, 2.45) is 0 Å². The number of pyridine rings is 1. The number of benzene rings is 2. The van der Waals surface area contributed by atoms with Gasteiger partial charge in [-0.1, -0.05) is 81.4 Å². The molecule has 0 saturated heterocycles. The normalized spacial score (nSPS) is 16.5. The zero-order valence-corrected chi connectivity index (χ0v) is 20.3. The minimum atomic E-state index is -2.66. The SMILES string of the molecule is CC(C)(C)[Si](OCC1Cn2c(cc3ncccc32)C(=O)N1)(c1ccccc1)c1ccccc1. The largest absolute Gasteiger partial charge is 0.405 e. The van der Waals surface area contributed by atoms with Gasteiger partial charge >= 0.3 is 0 Å². The van der Waals surface area contributed by atoms with Crippen LogP contribution in [0.4, 0.5) is 0 Å². The molecule has 4 aromatic rings. The van der Waals surface area contributed by atoms with Gasteiger partial charge < -0.3 is 14.3 Å². The molecular weight excluding hydrogens is 426 g/mol. The Bertz CT molecular complexity index is 1240. The van der Waals surface area contributed by atoms with Gasteiger partial charge in [0.25, 0.3) is 14.2 Å². The van der Waals surface area contributed by atoms with Crippen molar-refractivity contribution >= 4 is 35.6 Å². The number of aromatic nitrogens is 2. The van der Waals surface area contributed by atoms with Gasteiger partial charge in [0.15, 0.2) is 0 Å². The molecule has 1 amide bonds. The highest BCUT2D eigenvalue weighted by atomic mass is 28.4. The van der Waals surface area contributed by atoms with Gasteiger partial charge in [-0.15, -0.1) is 0 Å². The number of fused-ring (bicyclic) bond motifs is 3. The van der Waals surface area contributed by atoms with E-state index < -0.39 is 8.32 Å². The van der Waals surface area contributed by atoms with E-state index in [-0.39, 0.29) is 17.0 Å². The molecule has 33 heavy (non-hydrogen) atoms. The Morgan fingerprint density at radius 3 is 2.24 bits per heavy atom. The highest BCUT2D eigenvalue weighted by molar-refractivity contribution is 6.99. The Morgan fingerprint density at radius 2 is 1.64 bits per heavy atom. The van der Waals surface area contributed by atoms with Crippen LogP contribution in [0.1, 0.15) is 31.3 Å². The van der Waals surface area contributed by atoms with Crippen LogP contribution in [0, 0.1) is 0 Å². The van der Waals surface area contributed by atoms with Crippen molar-refractivity contribution in [2.45, 2.75) is 38.4 Å². The van der Waals surface area contributed by atoms with Crippen molar-refractivity contribution in [1.82, 2.24) is 14.9 Å². The van der Waals surface area contributed by atoms with Crippen molar-refractivity contribution in [3.63, 3.8) is 0 Å². The van der Waals surface area contributed by atoms with Crippen LogP contribution in [0.2, 0.25) is 5.04 Å². The van der Waals surface area contributed by atoms with E-state index in [2.05, 4.69) is 84.2 Å². The molecule has 168 valence electrons. The molecule has 0 spiro atoms. The van der Waals surface area contributed by atoms with Crippen LogP contribution in [-0.4, -0.2) is 36.4 Å². The number of hydrogen-bond acceptors (Lipinski definition) is 3. The standard InChI is InChI=1S/C27H29N3O2Si/c1-27(2,3)33(21-11-6-4-7-12-21,22-13-8-5-9-14-22)32-19-20-18-30-24-15-10-16-28-23(24)17-25(30)26(31)29-20/h4-17,20H,18-19H2,1-3H3,(H,29,31). The fourth-order valence-corrected chi connectivity index (χ4v) is 9.68. The fourth-order valence-electron chi connectivity index (χ4n) is 5.08. The molecule has 1 aliphatic rings. The lowest BCUT2D eigenvalue weighted by molar-refractivity contribution is 0.0876. The third-order valence-corrected chi connectivity index (χ3v) is 11.6. The van der Waals surface area contributed by atoms with Gasteiger partial charge in [0.2, 0.25) is 0 Å². The van der Waals surface area contributed by atoms with Crippen LogP contribution in [0.15, 0.2) is 85.1 Å². The fraction of sp³-hybridized carbons (Fsp3) is 0.259. The van der Waals surface area contributed by atoms with Crippen molar-refractivity contribution in [2.75, 3.05) is 6.61 Å². The van der Waals surface area contributed by atoms with E-state index in [4.69, 9.17) is 4.43 Å². The Hall–Kier alpha value is -3.22. The average molecular weight is 456 g/mol. The van der Waals surface area contributed by atoms with Crippen LogP contribution >= 0.6 is 0 Å². The minimum Gasteiger partial charge on any atom is -0.405 e. The van der Waals surface area contributed by atoms with Gasteiger partial charge in [-0.3, -0.25) is 9.78 Å². The minimum absolute atomic E-state index is 0.0738. The van der Waals surface area contributed by atoms with Crippen LogP contribution < -0.4 is 15.7 Å². The number of hydrogen-bond donors (Lipinski definition) is 1. The lowest BCUT2D eigenvalue weighted by Crippen LogP contribution is -2.67. The number of carbonyl (C=O) groups excluding carboxylic acids is 1. The molecule has 0 bridgehead atoms. The summed E-state index contributed by atoms with van der Waals surface area (Å²) < 4.78 is 9.12. The molecule has 1 aliphatic heterocycles. The molecule has 1 unspecified atom stereocenters. The van der Waals surface area contributed by atoms with Gasteiger partial charge in [-0.05, 0) is 33.6 Å². The van der Waals surface area contributed by atoms with Gasteiger partial charge in [-0.25, -0.2) is 0 Å². The number of carbonyl (C=O) groups is 1. The van der Waals surface area contributed by atoms with Crippen LogP contribution in [0.5, 0.6) is 0 Å². The summed E-state index contributed by atoms with van der Waals surface area (Å²) in [7, 11) is -2.66. The summed E-state index contributed by atoms with van der Waals surface area (Å²) >= 11 is 0. The van der Waals surface area contributed by atoms with Crippen molar-refractivity contribution in [3.8, 4) is 0 Å². The molecule has 1 N–H and O–H groups in total. The molecular formula is C27H29N3O2Si. The van der Waals surface area contributed by atoms with Crippen LogP contribution in [-0.2, 0) is 11.0 Å². The quantitative estimate of drug-likeness (QED) is 0.467. The van der Waals surface area contributed by atoms with E-state index >= 15 is 0 Å². The first-order chi connectivity index (χ1) is 15.9. The maximum Gasteiger partial charge on any atom is 0.268 e. The van der Waals surface area contributed by atoms with Gasteiger partial charge in [-0.2, -0.15) is 0 Å². The Morgan fingerprint density at radius 1 is 1.00 bits per heavy atom. The summed E-state index contributed by atoms with van der Waals surface area (Å²) in [5.74, 6) is -0.0738. The Kier molecular flexibility index (Phi) is 5.42. The number of amides is 1. The summed E-state index contributed by atoms with van der Waals surface area (Å²) in [6, 6.07) is 26.9. The molecule has 3 heterocycles. The monoisotopic (exact) mass is 455 g/mol. The molecule has 1 atom stereocenters. The van der Waals surface area contributed by atoms with Gasteiger partial charge in [0.05, 0.1) is 23.7 Å². The number of nitrogens with zero attached hydrogens (tertiary/aromatic N) is 2. The third kappa shape index (κ3) is 3.69. The van der Waals surface area contributed by atoms with Gasteiger partial charge in [0.1, 0.15) is 5.69 Å². The highest BCUT2D eigenvalue weighted by Crippen LogP contribution is 2.37. The second kappa shape index (κ2) is 8.28. The summed E-state index contributed by atoms with van der Waals surface area (Å²) in [6.45, 7) is 7.90. The molecule has 5 nitrogen and oxygen atoms in total. The second-order valence-corrected chi connectivity index (χ2v) is 14.0. The Labute approximate surface area is 195 Å². The summed E-state index contributed by atoms with van der Waals surface area (Å²) in [4.78, 5) is 17.3. The molecule has 6 heteroatoms. The molecule has 0 saturated carbocycles. The van der Waals surface area contributed by atoms with Crippen molar-refractivity contribution < 1.29 is 9.22 Å². The van der Waals surface area contributed by atoms with Crippen molar-refractivity contribution in [1.29, 1.82) is 0 Å². The topological polar surface area (TPSA) is 56.2 Å². The molecule has 0 fully saturated rings. The molecule has 5 rings (SSSR count). The van der Waals surface area contributed by atoms with Crippen LogP contribution in [0.25, 0.3) is 11.0 Å². The first-order valence-electron chi connectivity index (χ1n) is 11.4. The first kappa shape index (κ1) is 21.6. The molecule has 2 aromatic heterocycles. The van der Waals surface area contributed by atoms with E-state index in [1.165, 1.54) is 10.4 Å². The highest BCUT2D eigenvalue weighted by Gasteiger charge is 2.50. The van der Waals surface area contributed by atoms with Crippen LogP contribution in [0.3, 0.4) is 0 Å². The predicted molar refractivity (Wildman–Crippen MR) is 135 cm³/mol. The lowest BCUT2D eigenvalue weighted by atomic mass is 10.2. The zero-order valence-electron chi connectivity index (χ0n) is 19.3. The summed E-state index contributed by atoms with van der Waals surface area (Å²) in [6.07, 6.45) is 1.76. The zero-order chi connectivity index (χ0) is 23.1. The maximum atomic E-state index is 12.9. The summed E-state index contributed by atoms with van der Waals surface area (Å²) in [5, 5.41) is 5.54. The first-order valence-corrected chi connectivity index (χ1v) is 13.3. The molecule has 0 aliphatic carbocycles. The average Bonchev–Trinajstić information content (AvgIpc) is 3.19. The van der Waals surface area contributed by atoms with E-state index in [0.717, 1.165) is 11.0 Å². The van der Waals surface area contributed by atoms with E-state index in [0.29, 0.717) is 18.8 Å². The predicted octanol–water partition coefficient (Wildman–Crippen LogP) is 3.72. The van der Waals surface area contributed by atoms with E-state index in [9.17, 15) is 4.79 Å². The van der Waals surface area contributed by atoms with E-state index in [1.54, 1.807) is 6.20 Å². The number of nitrogens with one attached hydrogen (secondary N) is 1. The summed E-state index contributed by atoms with van der Waals surface area (Å²) in [5.41, 5.74) is 2.49. The van der Waals surface area contributed by atoms with Gasteiger partial charge in [0, 0.05) is 12.7 Å². The van der Waals surface area contributed by atoms with Crippen molar-refractivity contribution in [3.05, 3.63) is 90.8 Å². The lowest BCUT2D eigenvalue weighted by Gasteiger charge is -2.44. The molecule has 0 radical (unpaired) electrons. The molecule has 2 aromatic carbocycles. The third-order valence-electron chi connectivity index (χ3n) is 6.56. The maximum absolute atomic E-state index is 12.9. The number of rotatable bonds is 5. The Balaban J connectivity index is 1.52. The second-order valence-electron chi connectivity index (χ2n) is 9.69. The smallest absolute Gasteiger partial charge is 0.268 e. The van der Waals surface area contributed by atoms with E-state index in [1.807, 2.05) is 30.3 Å².